The molecule has 24 heavy (non-hydrogen) atoms. The molecule has 0 radical (unpaired) electrons. The van der Waals surface area contributed by atoms with Crippen LogP contribution in [-0.4, -0.2) is 9.55 Å². The summed E-state index contributed by atoms with van der Waals surface area (Å²) in [6.45, 7) is 6.91. The summed E-state index contributed by atoms with van der Waals surface area (Å²) in [5.41, 5.74) is 0.325. The standard InChI is InChI=1S/C22H42N2/c1-4-7-10-13-16-22(17-14-11-8-5-2,18-15-12-9-6-3)24-20-19-23-21-24/h19-21H,4-18H2,1-3H3. The molecule has 140 valence electrons. The molecule has 0 aliphatic heterocycles. The summed E-state index contributed by atoms with van der Waals surface area (Å²) in [7, 11) is 0. The van der Waals surface area contributed by atoms with Crippen LogP contribution in [0.2, 0.25) is 0 Å². The van der Waals surface area contributed by atoms with Crippen LogP contribution in [0, 0.1) is 0 Å². The first kappa shape index (κ1) is 21.3. The van der Waals surface area contributed by atoms with E-state index in [2.05, 4.69) is 42.8 Å². The van der Waals surface area contributed by atoms with E-state index in [0.29, 0.717) is 5.54 Å². The van der Waals surface area contributed by atoms with Gasteiger partial charge in [0, 0.05) is 17.9 Å². The average Bonchev–Trinajstić information content (AvgIpc) is 3.14. The molecular weight excluding hydrogens is 292 g/mol. The first-order chi connectivity index (χ1) is 11.8. The summed E-state index contributed by atoms with van der Waals surface area (Å²) in [5.74, 6) is 0. The minimum atomic E-state index is 0.325. The number of imidazole rings is 1. The van der Waals surface area contributed by atoms with Gasteiger partial charge >= 0.3 is 0 Å². The molecule has 1 heterocycles. The average molecular weight is 335 g/mol. The molecule has 0 bridgehead atoms. The maximum atomic E-state index is 4.38. The quantitative estimate of drug-likeness (QED) is 0.286. The molecule has 0 aliphatic rings. The second-order valence-electron chi connectivity index (χ2n) is 7.63. The van der Waals surface area contributed by atoms with Crippen LogP contribution in [-0.2, 0) is 5.54 Å². The fraction of sp³-hybridized carbons (Fsp3) is 0.864. The Bertz CT molecular complexity index is 338. The Kier molecular flexibility index (Phi) is 12.0. The lowest BCUT2D eigenvalue weighted by Gasteiger charge is -2.36. The summed E-state index contributed by atoms with van der Waals surface area (Å²) >= 11 is 0. The van der Waals surface area contributed by atoms with Crippen molar-refractivity contribution in [1.82, 2.24) is 9.55 Å². The van der Waals surface area contributed by atoms with E-state index in [4.69, 9.17) is 0 Å². The Balaban J connectivity index is 2.72. The fourth-order valence-corrected chi connectivity index (χ4v) is 3.94. The summed E-state index contributed by atoms with van der Waals surface area (Å²) < 4.78 is 2.47. The van der Waals surface area contributed by atoms with Crippen LogP contribution < -0.4 is 0 Å². The van der Waals surface area contributed by atoms with Gasteiger partial charge in [-0.2, -0.15) is 0 Å². The zero-order valence-electron chi connectivity index (χ0n) is 16.7. The van der Waals surface area contributed by atoms with Crippen molar-refractivity contribution in [1.29, 1.82) is 0 Å². The number of aromatic nitrogens is 2. The molecule has 0 saturated carbocycles. The van der Waals surface area contributed by atoms with Crippen LogP contribution in [0.1, 0.15) is 117 Å². The highest BCUT2D eigenvalue weighted by molar-refractivity contribution is 4.92. The van der Waals surface area contributed by atoms with Gasteiger partial charge in [0.15, 0.2) is 0 Å². The molecule has 0 unspecified atom stereocenters. The molecule has 0 atom stereocenters. The van der Waals surface area contributed by atoms with Crippen LogP contribution >= 0.6 is 0 Å². The molecule has 0 saturated heterocycles. The van der Waals surface area contributed by atoms with E-state index in [1.165, 1.54) is 96.3 Å². The second kappa shape index (κ2) is 13.5. The van der Waals surface area contributed by atoms with E-state index in [0.717, 1.165) is 0 Å². The molecule has 0 amide bonds. The monoisotopic (exact) mass is 334 g/mol. The van der Waals surface area contributed by atoms with Gasteiger partial charge in [-0.05, 0) is 19.3 Å². The van der Waals surface area contributed by atoms with Crippen molar-refractivity contribution in [3.63, 3.8) is 0 Å². The minimum Gasteiger partial charge on any atom is -0.331 e. The largest absolute Gasteiger partial charge is 0.331 e. The Morgan fingerprint density at radius 3 is 1.46 bits per heavy atom. The van der Waals surface area contributed by atoms with Gasteiger partial charge in [0.2, 0.25) is 0 Å². The number of hydrogen-bond donors (Lipinski definition) is 0. The lowest BCUT2D eigenvalue weighted by molar-refractivity contribution is 0.198. The smallest absolute Gasteiger partial charge is 0.0951 e. The van der Waals surface area contributed by atoms with Crippen LogP contribution in [0.4, 0.5) is 0 Å². The third kappa shape index (κ3) is 7.85. The van der Waals surface area contributed by atoms with E-state index in [9.17, 15) is 0 Å². The lowest BCUT2D eigenvalue weighted by Crippen LogP contribution is -2.33. The maximum absolute atomic E-state index is 4.38. The van der Waals surface area contributed by atoms with Crippen LogP contribution in [0.25, 0.3) is 0 Å². The summed E-state index contributed by atoms with van der Waals surface area (Å²) in [4.78, 5) is 4.38. The van der Waals surface area contributed by atoms with Crippen molar-refractivity contribution in [3.8, 4) is 0 Å². The third-order valence-electron chi connectivity index (χ3n) is 5.54. The predicted molar refractivity (Wildman–Crippen MR) is 106 cm³/mol. The maximum Gasteiger partial charge on any atom is 0.0951 e. The molecular formula is C22H42N2. The van der Waals surface area contributed by atoms with E-state index in [-0.39, 0.29) is 0 Å². The van der Waals surface area contributed by atoms with E-state index >= 15 is 0 Å². The molecule has 0 fully saturated rings. The van der Waals surface area contributed by atoms with Crippen molar-refractivity contribution >= 4 is 0 Å². The molecule has 1 rings (SSSR count). The van der Waals surface area contributed by atoms with Crippen molar-refractivity contribution < 1.29 is 0 Å². The molecule has 1 aromatic heterocycles. The van der Waals surface area contributed by atoms with Gasteiger partial charge in [-0.15, -0.1) is 0 Å². The molecule has 0 aromatic carbocycles. The van der Waals surface area contributed by atoms with Gasteiger partial charge in [0.25, 0.3) is 0 Å². The Labute approximate surface area is 151 Å². The van der Waals surface area contributed by atoms with Crippen LogP contribution in [0.3, 0.4) is 0 Å². The molecule has 2 heteroatoms. The summed E-state index contributed by atoms with van der Waals surface area (Å²) in [6, 6.07) is 0. The molecule has 1 aromatic rings. The molecule has 0 spiro atoms. The zero-order chi connectivity index (χ0) is 17.5. The van der Waals surface area contributed by atoms with Gasteiger partial charge in [-0.1, -0.05) is 97.8 Å². The topological polar surface area (TPSA) is 17.8 Å². The third-order valence-corrected chi connectivity index (χ3v) is 5.54. The Morgan fingerprint density at radius 1 is 0.667 bits per heavy atom. The van der Waals surface area contributed by atoms with Crippen molar-refractivity contribution in [2.24, 2.45) is 0 Å². The first-order valence-corrected chi connectivity index (χ1v) is 10.8. The normalized spacial score (nSPS) is 12.0. The van der Waals surface area contributed by atoms with Gasteiger partial charge in [-0.3, -0.25) is 0 Å². The highest BCUT2D eigenvalue weighted by Crippen LogP contribution is 2.36. The van der Waals surface area contributed by atoms with Crippen LogP contribution in [0.5, 0.6) is 0 Å². The second-order valence-corrected chi connectivity index (χ2v) is 7.63. The first-order valence-electron chi connectivity index (χ1n) is 10.8. The van der Waals surface area contributed by atoms with Gasteiger partial charge in [0.1, 0.15) is 0 Å². The lowest BCUT2D eigenvalue weighted by atomic mass is 9.81. The molecule has 2 nitrogen and oxygen atoms in total. The zero-order valence-corrected chi connectivity index (χ0v) is 16.7. The SMILES string of the molecule is CCCCCCC(CCCCCC)(CCCCCC)n1ccnc1. The number of hydrogen-bond acceptors (Lipinski definition) is 1. The molecule has 0 aliphatic carbocycles. The van der Waals surface area contributed by atoms with E-state index < -0.39 is 0 Å². The Hall–Kier alpha value is -0.790. The Morgan fingerprint density at radius 2 is 1.12 bits per heavy atom. The van der Waals surface area contributed by atoms with Gasteiger partial charge in [-0.25, -0.2) is 4.98 Å². The number of rotatable bonds is 16. The van der Waals surface area contributed by atoms with E-state index in [1.807, 2.05) is 6.20 Å². The van der Waals surface area contributed by atoms with Crippen molar-refractivity contribution in [2.75, 3.05) is 0 Å². The highest BCUT2D eigenvalue weighted by Gasteiger charge is 2.30. The van der Waals surface area contributed by atoms with Gasteiger partial charge in [0.05, 0.1) is 6.33 Å². The number of unbranched alkanes of at least 4 members (excludes halogenated alkanes) is 9. The molecule has 0 N–H and O–H groups in total. The van der Waals surface area contributed by atoms with E-state index in [1.54, 1.807) is 0 Å². The highest BCUT2D eigenvalue weighted by atomic mass is 15.1. The summed E-state index contributed by atoms with van der Waals surface area (Å²) in [6.07, 6.45) is 26.7. The summed E-state index contributed by atoms with van der Waals surface area (Å²) in [5, 5.41) is 0. The van der Waals surface area contributed by atoms with Gasteiger partial charge < -0.3 is 4.57 Å². The minimum absolute atomic E-state index is 0.325. The van der Waals surface area contributed by atoms with Crippen LogP contribution in [0.15, 0.2) is 18.7 Å². The number of nitrogens with zero attached hydrogens (tertiary/aromatic N) is 2. The predicted octanol–water partition coefficient (Wildman–Crippen LogP) is 7.49. The van der Waals surface area contributed by atoms with Crippen molar-refractivity contribution in [3.05, 3.63) is 18.7 Å². The van der Waals surface area contributed by atoms with Crippen molar-refractivity contribution in [2.45, 2.75) is 123 Å². The fourth-order valence-electron chi connectivity index (χ4n) is 3.94.